The first-order chi connectivity index (χ1) is 8.20. The predicted octanol–water partition coefficient (Wildman–Crippen LogP) is 2.90. The number of ether oxygens (including phenoxy) is 1. The van der Waals surface area contributed by atoms with Gasteiger partial charge >= 0.3 is 0 Å². The average Bonchev–Trinajstić information content (AvgIpc) is 3.11. The molecule has 0 bridgehead atoms. The van der Waals surface area contributed by atoms with Gasteiger partial charge in [0.15, 0.2) is 0 Å². The Bertz CT molecular complexity index is 374. The SMILES string of the molecule is CCCOc1cc(N(C)CC2CC2)ccc1N. The number of rotatable bonds is 6. The van der Waals surface area contributed by atoms with Crippen LogP contribution < -0.4 is 15.4 Å². The minimum atomic E-state index is 0.722. The maximum Gasteiger partial charge on any atom is 0.144 e. The van der Waals surface area contributed by atoms with Crippen molar-refractivity contribution < 1.29 is 4.74 Å². The molecule has 0 radical (unpaired) electrons. The first kappa shape index (κ1) is 12.1. The highest BCUT2D eigenvalue weighted by Gasteiger charge is 2.23. The second kappa shape index (κ2) is 5.30. The maximum absolute atomic E-state index is 5.90. The summed E-state index contributed by atoms with van der Waals surface area (Å²) in [6, 6.07) is 6.05. The minimum absolute atomic E-state index is 0.722. The standard InChI is InChI=1S/C14H22N2O/c1-3-8-17-14-9-12(6-7-13(14)15)16(2)10-11-4-5-11/h6-7,9,11H,3-5,8,10,15H2,1-2H3. The van der Waals surface area contributed by atoms with Crippen LogP contribution >= 0.6 is 0 Å². The molecule has 3 nitrogen and oxygen atoms in total. The molecule has 2 N–H and O–H groups in total. The third kappa shape index (κ3) is 3.29. The van der Waals surface area contributed by atoms with Crippen molar-refractivity contribution >= 4 is 11.4 Å². The van der Waals surface area contributed by atoms with Gasteiger partial charge in [0.25, 0.3) is 0 Å². The normalized spacial score (nSPS) is 14.7. The highest BCUT2D eigenvalue weighted by Crippen LogP contribution is 2.33. The van der Waals surface area contributed by atoms with E-state index in [1.54, 1.807) is 0 Å². The number of nitrogens with two attached hydrogens (primary N) is 1. The van der Waals surface area contributed by atoms with Gasteiger partial charge in [-0.2, -0.15) is 0 Å². The summed E-state index contributed by atoms with van der Waals surface area (Å²) < 4.78 is 5.65. The molecule has 0 aromatic heterocycles. The van der Waals surface area contributed by atoms with E-state index in [-0.39, 0.29) is 0 Å². The topological polar surface area (TPSA) is 38.5 Å². The summed E-state index contributed by atoms with van der Waals surface area (Å²) >= 11 is 0. The van der Waals surface area contributed by atoms with E-state index >= 15 is 0 Å². The smallest absolute Gasteiger partial charge is 0.144 e. The van der Waals surface area contributed by atoms with Gasteiger partial charge in [0.2, 0.25) is 0 Å². The van der Waals surface area contributed by atoms with Crippen molar-refractivity contribution in [1.29, 1.82) is 0 Å². The molecule has 1 saturated carbocycles. The molecule has 0 unspecified atom stereocenters. The molecule has 94 valence electrons. The van der Waals surface area contributed by atoms with Gasteiger partial charge in [-0.1, -0.05) is 6.92 Å². The molecule has 1 fully saturated rings. The van der Waals surface area contributed by atoms with Crippen LogP contribution in [-0.4, -0.2) is 20.2 Å². The first-order valence-corrected chi connectivity index (χ1v) is 6.44. The van der Waals surface area contributed by atoms with Crippen molar-refractivity contribution in [1.82, 2.24) is 0 Å². The zero-order chi connectivity index (χ0) is 12.3. The zero-order valence-electron chi connectivity index (χ0n) is 10.8. The second-order valence-electron chi connectivity index (χ2n) is 4.89. The fourth-order valence-corrected chi connectivity index (χ4v) is 1.89. The van der Waals surface area contributed by atoms with E-state index in [4.69, 9.17) is 10.5 Å². The number of benzene rings is 1. The monoisotopic (exact) mass is 234 g/mol. The summed E-state index contributed by atoms with van der Waals surface area (Å²) in [4.78, 5) is 2.29. The van der Waals surface area contributed by atoms with Gasteiger partial charge in [-0.05, 0) is 37.3 Å². The summed E-state index contributed by atoms with van der Waals surface area (Å²) in [5, 5.41) is 0. The van der Waals surface area contributed by atoms with Crippen LogP contribution in [0.5, 0.6) is 5.75 Å². The van der Waals surface area contributed by atoms with E-state index in [2.05, 4.69) is 24.9 Å². The Morgan fingerprint density at radius 3 is 2.82 bits per heavy atom. The van der Waals surface area contributed by atoms with Crippen LogP contribution in [0, 0.1) is 5.92 Å². The highest BCUT2D eigenvalue weighted by atomic mass is 16.5. The van der Waals surface area contributed by atoms with Crippen molar-refractivity contribution in [3.8, 4) is 5.75 Å². The molecule has 3 heteroatoms. The highest BCUT2D eigenvalue weighted by molar-refractivity contribution is 5.62. The largest absolute Gasteiger partial charge is 0.491 e. The van der Waals surface area contributed by atoms with Crippen molar-refractivity contribution in [3.63, 3.8) is 0 Å². The molecule has 0 saturated heterocycles. The lowest BCUT2D eigenvalue weighted by Gasteiger charge is -2.20. The summed E-state index contributed by atoms with van der Waals surface area (Å²) in [6.07, 6.45) is 3.75. The molecule has 0 heterocycles. The van der Waals surface area contributed by atoms with Gasteiger partial charge < -0.3 is 15.4 Å². The molecule has 1 aliphatic rings. The Kier molecular flexibility index (Phi) is 3.77. The Balaban J connectivity index is 2.05. The van der Waals surface area contributed by atoms with Crippen LogP contribution in [0.2, 0.25) is 0 Å². The summed E-state index contributed by atoms with van der Waals surface area (Å²) in [5.74, 6) is 1.70. The van der Waals surface area contributed by atoms with Gasteiger partial charge in [0, 0.05) is 25.3 Å². The van der Waals surface area contributed by atoms with Crippen molar-refractivity contribution in [2.75, 3.05) is 30.8 Å². The molecule has 1 aliphatic carbocycles. The van der Waals surface area contributed by atoms with Gasteiger partial charge in [-0.25, -0.2) is 0 Å². The third-order valence-corrected chi connectivity index (χ3v) is 3.13. The van der Waals surface area contributed by atoms with E-state index in [0.717, 1.165) is 36.9 Å². The molecule has 17 heavy (non-hydrogen) atoms. The number of hydrogen-bond donors (Lipinski definition) is 1. The fourth-order valence-electron chi connectivity index (χ4n) is 1.89. The quantitative estimate of drug-likeness (QED) is 0.769. The average molecular weight is 234 g/mol. The summed E-state index contributed by atoms with van der Waals surface area (Å²) in [6.45, 7) is 3.95. The number of hydrogen-bond acceptors (Lipinski definition) is 3. The van der Waals surface area contributed by atoms with Crippen molar-refractivity contribution in [2.45, 2.75) is 26.2 Å². The molecule has 0 amide bonds. The lowest BCUT2D eigenvalue weighted by molar-refractivity contribution is 0.319. The molecule has 0 spiro atoms. The minimum Gasteiger partial charge on any atom is -0.491 e. The van der Waals surface area contributed by atoms with Gasteiger partial charge in [-0.3, -0.25) is 0 Å². The molecule has 1 aromatic carbocycles. The predicted molar refractivity (Wildman–Crippen MR) is 72.6 cm³/mol. The Hall–Kier alpha value is -1.38. The second-order valence-corrected chi connectivity index (χ2v) is 4.89. The lowest BCUT2D eigenvalue weighted by Crippen LogP contribution is -2.19. The van der Waals surface area contributed by atoms with Crippen LogP contribution in [0.15, 0.2) is 18.2 Å². The van der Waals surface area contributed by atoms with Crippen molar-refractivity contribution in [3.05, 3.63) is 18.2 Å². The number of anilines is 2. The van der Waals surface area contributed by atoms with Crippen molar-refractivity contribution in [2.24, 2.45) is 5.92 Å². The van der Waals surface area contributed by atoms with Crippen LogP contribution in [0.25, 0.3) is 0 Å². The molecule has 2 rings (SSSR count). The van der Waals surface area contributed by atoms with Crippen LogP contribution in [0.4, 0.5) is 11.4 Å². The molecular formula is C14H22N2O. The van der Waals surface area contributed by atoms with E-state index in [1.807, 2.05) is 12.1 Å². The molecular weight excluding hydrogens is 212 g/mol. The Morgan fingerprint density at radius 2 is 2.18 bits per heavy atom. The number of nitrogens with zero attached hydrogens (tertiary/aromatic N) is 1. The van der Waals surface area contributed by atoms with Crippen LogP contribution in [0.1, 0.15) is 26.2 Å². The van der Waals surface area contributed by atoms with Gasteiger partial charge in [-0.15, -0.1) is 0 Å². The van der Waals surface area contributed by atoms with Crippen LogP contribution in [-0.2, 0) is 0 Å². The Morgan fingerprint density at radius 1 is 1.41 bits per heavy atom. The first-order valence-electron chi connectivity index (χ1n) is 6.44. The summed E-state index contributed by atoms with van der Waals surface area (Å²) in [7, 11) is 2.13. The zero-order valence-corrected chi connectivity index (χ0v) is 10.8. The van der Waals surface area contributed by atoms with Gasteiger partial charge in [0.1, 0.15) is 5.75 Å². The fraction of sp³-hybridized carbons (Fsp3) is 0.571. The number of nitrogen functional groups attached to an aromatic ring is 1. The maximum atomic E-state index is 5.90. The molecule has 0 atom stereocenters. The van der Waals surface area contributed by atoms with E-state index in [1.165, 1.54) is 18.5 Å². The third-order valence-electron chi connectivity index (χ3n) is 3.13. The Labute approximate surface area is 104 Å². The van der Waals surface area contributed by atoms with E-state index in [9.17, 15) is 0 Å². The van der Waals surface area contributed by atoms with Crippen LogP contribution in [0.3, 0.4) is 0 Å². The van der Waals surface area contributed by atoms with E-state index < -0.39 is 0 Å². The van der Waals surface area contributed by atoms with Gasteiger partial charge in [0.05, 0.1) is 12.3 Å². The van der Waals surface area contributed by atoms with E-state index in [0.29, 0.717) is 0 Å². The molecule has 0 aliphatic heterocycles. The lowest BCUT2D eigenvalue weighted by atomic mass is 10.2. The molecule has 1 aromatic rings. The summed E-state index contributed by atoms with van der Waals surface area (Å²) in [5.41, 5.74) is 7.82.